The van der Waals surface area contributed by atoms with E-state index in [1.807, 2.05) is 33.2 Å². The molecule has 8 nitrogen and oxygen atoms in total. The van der Waals surface area contributed by atoms with Crippen LogP contribution in [0.1, 0.15) is 70.6 Å². The molecule has 1 atom stereocenters. The Bertz CT molecular complexity index is 1440. The number of imidazole rings is 2. The molecule has 4 aromatic rings. The number of carbonyl (C=O) groups is 1. The first-order valence-electron chi connectivity index (χ1n) is 13.8. The van der Waals surface area contributed by atoms with E-state index in [1.54, 1.807) is 0 Å². The van der Waals surface area contributed by atoms with Crippen LogP contribution in [-0.2, 0) is 10.3 Å². The fourth-order valence-corrected chi connectivity index (χ4v) is 5.42. The molecule has 3 heterocycles. The molecule has 0 radical (unpaired) electrons. The predicted octanol–water partition coefficient (Wildman–Crippen LogP) is 6.46. The van der Waals surface area contributed by atoms with Crippen LogP contribution in [0.5, 0.6) is 0 Å². The maximum atomic E-state index is 12.5. The Morgan fingerprint density at radius 3 is 2.00 bits per heavy atom. The predicted molar refractivity (Wildman–Crippen MR) is 152 cm³/mol. The van der Waals surface area contributed by atoms with Crippen LogP contribution in [0.15, 0.2) is 60.9 Å². The number of aromatic nitrogens is 4. The van der Waals surface area contributed by atoms with Gasteiger partial charge in [0.1, 0.15) is 22.8 Å². The van der Waals surface area contributed by atoms with Crippen molar-refractivity contribution in [2.75, 3.05) is 6.54 Å². The van der Waals surface area contributed by atoms with Crippen molar-refractivity contribution in [3.8, 4) is 33.6 Å². The highest BCUT2D eigenvalue weighted by Crippen LogP contribution is 2.41. The van der Waals surface area contributed by atoms with Crippen molar-refractivity contribution < 1.29 is 9.53 Å². The van der Waals surface area contributed by atoms with Gasteiger partial charge in [0.2, 0.25) is 0 Å². The van der Waals surface area contributed by atoms with E-state index in [2.05, 4.69) is 79.1 Å². The van der Waals surface area contributed by atoms with Crippen LogP contribution in [0, 0.1) is 0 Å². The largest absolute Gasteiger partial charge is 0.444 e. The maximum absolute atomic E-state index is 12.5. The summed E-state index contributed by atoms with van der Waals surface area (Å²) in [6.07, 6.45) is 8.40. The summed E-state index contributed by atoms with van der Waals surface area (Å²) >= 11 is 0. The van der Waals surface area contributed by atoms with E-state index in [-0.39, 0.29) is 0 Å². The fourth-order valence-electron chi connectivity index (χ4n) is 5.42. The van der Waals surface area contributed by atoms with Gasteiger partial charge in [-0.25, -0.2) is 14.8 Å². The highest BCUT2D eigenvalue weighted by atomic mass is 16.6. The molecule has 1 unspecified atom stereocenters. The van der Waals surface area contributed by atoms with Gasteiger partial charge in [0.15, 0.2) is 0 Å². The molecule has 0 spiro atoms. The highest BCUT2D eigenvalue weighted by molar-refractivity contribution is 5.72. The van der Waals surface area contributed by atoms with Crippen molar-refractivity contribution >= 4 is 6.09 Å². The van der Waals surface area contributed by atoms with E-state index < -0.39 is 17.2 Å². The highest BCUT2D eigenvalue weighted by Gasteiger charge is 2.43. The van der Waals surface area contributed by atoms with Crippen molar-refractivity contribution in [2.45, 2.75) is 70.1 Å². The number of hydrogen-bond donors (Lipinski definition) is 4. The first-order chi connectivity index (χ1) is 18.8. The molecule has 39 heavy (non-hydrogen) atoms. The Labute approximate surface area is 229 Å². The quantitative estimate of drug-likeness (QED) is 0.231. The number of carbonyl (C=O) groups excluding carboxylic acids is 1. The van der Waals surface area contributed by atoms with Gasteiger partial charge >= 0.3 is 6.09 Å². The number of hydrogen-bond acceptors (Lipinski definition) is 5. The van der Waals surface area contributed by atoms with E-state index in [0.717, 1.165) is 77.5 Å². The summed E-state index contributed by atoms with van der Waals surface area (Å²) in [4.78, 5) is 28.6. The molecule has 0 bridgehead atoms. The Morgan fingerprint density at radius 1 is 0.872 bits per heavy atom. The second-order valence-corrected chi connectivity index (χ2v) is 11.7. The fraction of sp³-hybridized carbons (Fsp3) is 0.387. The van der Waals surface area contributed by atoms with E-state index >= 15 is 0 Å². The lowest BCUT2D eigenvalue weighted by atomic mass is 9.76. The summed E-state index contributed by atoms with van der Waals surface area (Å²) in [6.45, 7) is 6.66. The number of ether oxygens (including phenoxy) is 1. The number of H-pyrrole nitrogens is 2. The van der Waals surface area contributed by atoms with Gasteiger partial charge in [-0.3, -0.25) is 0 Å². The van der Waals surface area contributed by atoms with Crippen molar-refractivity contribution in [3.05, 3.63) is 72.6 Å². The van der Waals surface area contributed by atoms with Crippen molar-refractivity contribution in [2.24, 2.45) is 0 Å². The van der Waals surface area contributed by atoms with Crippen molar-refractivity contribution in [3.63, 3.8) is 0 Å². The van der Waals surface area contributed by atoms with E-state index in [0.29, 0.717) is 6.04 Å². The van der Waals surface area contributed by atoms with Gasteiger partial charge < -0.3 is 25.3 Å². The number of aromatic amines is 2. The molecule has 2 aliphatic rings. The molecule has 8 heteroatoms. The normalized spacial score (nSPS) is 18.5. The Balaban J connectivity index is 1.14. The summed E-state index contributed by atoms with van der Waals surface area (Å²) in [5, 5.41) is 6.56. The standard InChI is InChI=1S/C31H36N6O2/c1-30(2,3)39-29(38)37-31(15-5-16-31)28-34-19-26(36-28)23-13-9-21(10-14-23)20-7-11-22(12-8-20)25-18-33-27(35-25)24-6-4-17-32-24/h7-14,18-19,24,32H,4-6,15-17H2,1-3H3,(H,33,35)(H,34,36)(H,37,38). The first kappa shape index (κ1) is 25.4. The molecular formula is C31H36N6O2. The molecule has 202 valence electrons. The summed E-state index contributed by atoms with van der Waals surface area (Å²) in [7, 11) is 0. The number of nitrogens with one attached hydrogen (secondary N) is 4. The molecule has 2 aromatic heterocycles. The lowest BCUT2D eigenvalue weighted by Crippen LogP contribution is -2.52. The molecule has 1 amide bonds. The topological polar surface area (TPSA) is 108 Å². The molecule has 6 rings (SSSR count). The third-order valence-electron chi connectivity index (χ3n) is 7.69. The van der Waals surface area contributed by atoms with Crippen LogP contribution in [0.25, 0.3) is 33.6 Å². The number of benzene rings is 2. The van der Waals surface area contributed by atoms with Crippen LogP contribution < -0.4 is 10.6 Å². The SMILES string of the molecule is CC(C)(C)OC(=O)NC1(c2ncc(-c3ccc(-c4ccc(-c5cnc(C6CCCN6)[nH]5)cc4)cc3)[nH]2)CCC1. The van der Waals surface area contributed by atoms with Crippen molar-refractivity contribution in [1.29, 1.82) is 0 Å². The Hall–Kier alpha value is -3.91. The second kappa shape index (κ2) is 10.0. The molecule has 2 fully saturated rings. The average molecular weight is 525 g/mol. The van der Waals surface area contributed by atoms with Gasteiger partial charge in [0, 0.05) is 0 Å². The van der Waals surface area contributed by atoms with Crippen molar-refractivity contribution in [1.82, 2.24) is 30.6 Å². The Morgan fingerprint density at radius 2 is 1.46 bits per heavy atom. The van der Waals surface area contributed by atoms with Gasteiger partial charge in [-0.1, -0.05) is 48.5 Å². The van der Waals surface area contributed by atoms with E-state index in [9.17, 15) is 4.79 Å². The first-order valence-corrected chi connectivity index (χ1v) is 13.8. The lowest BCUT2D eigenvalue weighted by molar-refractivity contribution is 0.0366. The molecule has 1 saturated heterocycles. The number of rotatable bonds is 6. The monoisotopic (exact) mass is 524 g/mol. The zero-order chi connectivity index (χ0) is 27.0. The van der Waals surface area contributed by atoms with Gasteiger partial charge in [0.25, 0.3) is 0 Å². The molecule has 1 aliphatic heterocycles. The van der Waals surface area contributed by atoms with E-state index in [4.69, 9.17) is 4.74 Å². The van der Waals surface area contributed by atoms with Gasteiger partial charge in [-0.05, 0) is 81.7 Å². The molecular weight excluding hydrogens is 488 g/mol. The number of nitrogens with zero attached hydrogens (tertiary/aromatic N) is 2. The minimum absolute atomic E-state index is 0.336. The van der Waals surface area contributed by atoms with Gasteiger partial charge in [-0.2, -0.15) is 0 Å². The van der Waals surface area contributed by atoms with Gasteiger partial charge in [0.05, 0.1) is 29.8 Å². The summed E-state index contributed by atoms with van der Waals surface area (Å²) in [5.41, 5.74) is 5.41. The lowest BCUT2D eigenvalue weighted by Gasteiger charge is -2.40. The minimum atomic E-state index is -0.541. The van der Waals surface area contributed by atoms with Crippen LogP contribution in [-0.4, -0.2) is 38.2 Å². The van der Waals surface area contributed by atoms with Crippen LogP contribution in [0.4, 0.5) is 4.79 Å². The average Bonchev–Trinajstić information content (AvgIpc) is 3.67. The van der Waals surface area contributed by atoms with Crippen LogP contribution >= 0.6 is 0 Å². The number of alkyl carbamates (subject to hydrolysis) is 1. The van der Waals surface area contributed by atoms with E-state index in [1.165, 1.54) is 6.42 Å². The van der Waals surface area contributed by atoms with Crippen LogP contribution in [0.2, 0.25) is 0 Å². The molecule has 4 N–H and O–H groups in total. The smallest absolute Gasteiger partial charge is 0.408 e. The summed E-state index contributed by atoms with van der Waals surface area (Å²) in [6, 6.07) is 17.4. The minimum Gasteiger partial charge on any atom is -0.444 e. The maximum Gasteiger partial charge on any atom is 0.408 e. The van der Waals surface area contributed by atoms with Gasteiger partial charge in [-0.15, -0.1) is 0 Å². The Kier molecular flexibility index (Phi) is 6.51. The second-order valence-electron chi connectivity index (χ2n) is 11.7. The molecule has 1 saturated carbocycles. The zero-order valence-electron chi connectivity index (χ0n) is 22.8. The zero-order valence-corrected chi connectivity index (χ0v) is 22.8. The third-order valence-corrected chi connectivity index (χ3v) is 7.69. The molecule has 1 aliphatic carbocycles. The molecule has 2 aromatic carbocycles. The third kappa shape index (κ3) is 5.34. The summed E-state index contributed by atoms with van der Waals surface area (Å²) in [5.74, 6) is 1.80. The number of amides is 1. The van der Waals surface area contributed by atoms with Crippen LogP contribution in [0.3, 0.4) is 0 Å². The summed E-state index contributed by atoms with van der Waals surface area (Å²) < 4.78 is 5.49.